The van der Waals surface area contributed by atoms with Crippen molar-refractivity contribution in [2.45, 2.75) is 26.1 Å². The fourth-order valence-corrected chi connectivity index (χ4v) is 1.31. The fourth-order valence-electron chi connectivity index (χ4n) is 1.09. The summed E-state index contributed by atoms with van der Waals surface area (Å²) in [4.78, 5) is 22.5. The van der Waals surface area contributed by atoms with Crippen LogP contribution in [0.2, 0.25) is 0 Å². The van der Waals surface area contributed by atoms with E-state index in [9.17, 15) is 9.59 Å². The quantitative estimate of drug-likeness (QED) is 0.385. The SMILES string of the molecule is CC1(C)OC(=O)C(CCCl)C(=O)O1. The highest BCUT2D eigenvalue weighted by Gasteiger charge is 2.42. The number of halogens is 1. The largest absolute Gasteiger partial charge is 0.422 e. The van der Waals surface area contributed by atoms with Gasteiger partial charge < -0.3 is 9.47 Å². The van der Waals surface area contributed by atoms with E-state index in [-0.39, 0.29) is 12.3 Å². The zero-order chi connectivity index (χ0) is 10.1. The Morgan fingerprint density at radius 1 is 1.31 bits per heavy atom. The number of cyclic esters (lactones) is 2. The molecule has 1 fully saturated rings. The van der Waals surface area contributed by atoms with Crippen LogP contribution in [0.15, 0.2) is 0 Å². The molecule has 0 atom stereocenters. The Labute approximate surface area is 81.1 Å². The Hall–Kier alpha value is -0.770. The van der Waals surface area contributed by atoms with Crippen LogP contribution in [0.3, 0.4) is 0 Å². The highest BCUT2D eigenvalue weighted by Crippen LogP contribution is 2.24. The molecule has 0 N–H and O–H groups in total. The molecule has 0 unspecified atom stereocenters. The summed E-state index contributed by atoms with van der Waals surface area (Å²) in [6.45, 7) is 3.03. The molecule has 0 radical (unpaired) electrons. The third-order valence-corrected chi connectivity index (χ3v) is 1.88. The zero-order valence-corrected chi connectivity index (χ0v) is 8.26. The first-order chi connectivity index (χ1) is 5.96. The van der Waals surface area contributed by atoms with Gasteiger partial charge in [0.1, 0.15) is 0 Å². The van der Waals surface area contributed by atoms with E-state index in [0.717, 1.165) is 0 Å². The van der Waals surface area contributed by atoms with Gasteiger partial charge in [0, 0.05) is 19.7 Å². The number of carbonyl (C=O) groups excluding carboxylic acids is 2. The second kappa shape index (κ2) is 3.54. The average Bonchev–Trinajstić information content (AvgIpc) is 1.94. The smallest absolute Gasteiger partial charge is 0.323 e. The third kappa shape index (κ3) is 2.34. The summed E-state index contributed by atoms with van der Waals surface area (Å²) in [6.07, 6.45) is 0.259. The van der Waals surface area contributed by atoms with Gasteiger partial charge in [0.05, 0.1) is 0 Å². The van der Waals surface area contributed by atoms with E-state index in [1.54, 1.807) is 0 Å². The van der Waals surface area contributed by atoms with Crippen LogP contribution in [0.25, 0.3) is 0 Å². The lowest BCUT2D eigenvalue weighted by Crippen LogP contribution is -2.46. The van der Waals surface area contributed by atoms with Crippen molar-refractivity contribution in [3.05, 3.63) is 0 Å². The van der Waals surface area contributed by atoms with Gasteiger partial charge in [0.15, 0.2) is 5.92 Å². The van der Waals surface area contributed by atoms with Gasteiger partial charge in [-0.15, -0.1) is 11.6 Å². The van der Waals surface area contributed by atoms with Gasteiger partial charge in [-0.3, -0.25) is 9.59 Å². The van der Waals surface area contributed by atoms with Crippen molar-refractivity contribution in [3.63, 3.8) is 0 Å². The van der Waals surface area contributed by atoms with Crippen molar-refractivity contribution in [3.8, 4) is 0 Å². The minimum atomic E-state index is -1.14. The molecule has 0 aromatic rings. The van der Waals surface area contributed by atoms with Gasteiger partial charge in [0.25, 0.3) is 5.79 Å². The van der Waals surface area contributed by atoms with E-state index in [1.165, 1.54) is 13.8 Å². The maximum atomic E-state index is 11.2. The second-order valence-corrected chi connectivity index (χ2v) is 3.65. The molecule has 74 valence electrons. The number of carbonyl (C=O) groups is 2. The molecule has 0 aromatic heterocycles. The lowest BCUT2D eigenvalue weighted by atomic mass is 10.1. The minimum absolute atomic E-state index is 0.231. The summed E-state index contributed by atoms with van der Waals surface area (Å²) >= 11 is 5.42. The molecular formula is C8H11ClO4. The molecule has 0 saturated carbocycles. The molecule has 4 nitrogen and oxygen atoms in total. The van der Waals surface area contributed by atoms with Gasteiger partial charge in [-0.1, -0.05) is 0 Å². The topological polar surface area (TPSA) is 52.6 Å². The van der Waals surface area contributed by atoms with Crippen molar-refractivity contribution < 1.29 is 19.1 Å². The highest BCUT2D eigenvalue weighted by atomic mass is 35.5. The molecule has 0 bridgehead atoms. The van der Waals surface area contributed by atoms with Crippen molar-refractivity contribution in [2.24, 2.45) is 5.92 Å². The molecule has 1 rings (SSSR count). The predicted octanol–water partition coefficient (Wildman–Crippen LogP) is 1.07. The van der Waals surface area contributed by atoms with E-state index >= 15 is 0 Å². The number of hydrogen-bond acceptors (Lipinski definition) is 4. The van der Waals surface area contributed by atoms with Crippen molar-refractivity contribution in [2.75, 3.05) is 5.88 Å². The lowest BCUT2D eigenvalue weighted by molar-refractivity contribution is -0.239. The Balaban J connectivity index is 2.71. The maximum absolute atomic E-state index is 11.2. The number of hydrogen-bond donors (Lipinski definition) is 0. The van der Waals surface area contributed by atoms with Crippen molar-refractivity contribution >= 4 is 23.5 Å². The molecule has 0 aliphatic carbocycles. The Bertz CT molecular complexity index is 216. The molecule has 13 heavy (non-hydrogen) atoms. The second-order valence-electron chi connectivity index (χ2n) is 3.27. The summed E-state index contributed by atoms with van der Waals surface area (Å²) in [5.41, 5.74) is 0. The minimum Gasteiger partial charge on any atom is -0.422 e. The maximum Gasteiger partial charge on any atom is 0.323 e. The standard InChI is InChI=1S/C8H11ClO4/c1-8(2)12-6(10)5(3-4-9)7(11)13-8/h5H,3-4H2,1-2H3. The monoisotopic (exact) mass is 206 g/mol. The lowest BCUT2D eigenvalue weighted by Gasteiger charge is -2.32. The van der Waals surface area contributed by atoms with Crippen LogP contribution in [0.4, 0.5) is 0 Å². The Morgan fingerprint density at radius 3 is 2.15 bits per heavy atom. The van der Waals surface area contributed by atoms with Gasteiger partial charge in [-0.2, -0.15) is 0 Å². The first-order valence-corrected chi connectivity index (χ1v) is 4.51. The van der Waals surface area contributed by atoms with Crippen molar-refractivity contribution in [1.82, 2.24) is 0 Å². The number of alkyl halides is 1. The first kappa shape index (κ1) is 10.3. The Morgan fingerprint density at radius 2 is 1.77 bits per heavy atom. The van der Waals surface area contributed by atoms with Gasteiger partial charge in [0.2, 0.25) is 0 Å². The molecule has 5 heteroatoms. The molecular weight excluding hydrogens is 196 g/mol. The highest BCUT2D eigenvalue weighted by molar-refractivity contribution is 6.18. The zero-order valence-electron chi connectivity index (χ0n) is 7.50. The van der Waals surface area contributed by atoms with Crippen LogP contribution in [-0.4, -0.2) is 23.6 Å². The molecule has 0 amide bonds. The molecule has 1 saturated heterocycles. The van der Waals surface area contributed by atoms with Gasteiger partial charge in [-0.25, -0.2) is 0 Å². The summed E-state index contributed by atoms with van der Waals surface area (Å²) in [5.74, 6) is -2.87. The summed E-state index contributed by atoms with van der Waals surface area (Å²) in [6, 6.07) is 0. The normalized spacial score (nSPS) is 22.4. The van der Waals surface area contributed by atoms with Crippen LogP contribution in [0, 0.1) is 5.92 Å². The van der Waals surface area contributed by atoms with Crippen LogP contribution < -0.4 is 0 Å². The van der Waals surface area contributed by atoms with E-state index in [0.29, 0.717) is 0 Å². The number of esters is 2. The summed E-state index contributed by atoms with van der Waals surface area (Å²) in [7, 11) is 0. The van der Waals surface area contributed by atoms with Gasteiger partial charge >= 0.3 is 11.9 Å². The van der Waals surface area contributed by atoms with Crippen LogP contribution in [0.5, 0.6) is 0 Å². The molecule has 1 aliphatic rings. The van der Waals surface area contributed by atoms with Gasteiger partial charge in [-0.05, 0) is 6.42 Å². The number of ether oxygens (including phenoxy) is 2. The predicted molar refractivity (Wildman–Crippen MR) is 45.1 cm³/mol. The number of rotatable bonds is 2. The fraction of sp³-hybridized carbons (Fsp3) is 0.750. The summed E-state index contributed by atoms with van der Waals surface area (Å²) in [5, 5.41) is 0. The van der Waals surface area contributed by atoms with Crippen molar-refractivity contribution in [1.29, 1.82) is 0 Å². The van der Waals surface area contributed by atoms with E-state index in [2.05, 4.69) is 0 Å². The first-order valence-electron chi connectivity index (χ1n) is 3.98. The third-order valence-electron chi connectivity index (χ3n) is 1.66. The molecule has 0 spiro atoms. The van der Waals surface area contributed by atoms with E-state index in [1.807, 2.05) is 0 Å². The Kier molecular flexibility index (Phi) is 2.81. The van der Waals surface area contributed by atoms with Crippen LogP contribution >= 0.6 is 11.6 Å². The van der Waals surface area contributed by atoms with Crippen LogP contribution in [-0.2, 0) is 19.1 Å². The molecule has 1 aliphatic heterocycles. The average molecular weight is 207 g/mol. The van der Waals surface area contributed by atoms with E-state index in [4.69, 9.17) is 21.1 Å². The molecule has 0 aromatic carbocycles. The summed E-state index contributed by atoms with van der Waals surface area (Å²) < 4.78 is 9.74. The van der Waals surface area contributed by atoms with E-state index < -0.39 is 23.6 Å². The molecule has 1 heterocycles. The van der Waals surface area contributed by atoms with Crippen LogP contribution in [0.1, 0.15) is 20.3 Å².